The summed E-state index contributed by atoms with van der Waals surface area (Å²) in [6.45, 7) is 8.55. The molecule has 0 saturated carbocycles. The number of carboxylic acid groups (broad SMARTS) is 1. The lowest BCUT2D eigenvalue weighted by atomic mass is 9.97. The fourth-order valence-electron chi connectivity index (χ4n) is 1.64. The van der Waals surface area contributed by atoms with Crippen LogP contribution in [0.1, 0.15) is 47.5 Å². The number of hydrogen-bond donors (Lipinski definition) is 4. The molecule has 20 heavy (non-hydrogen) atoms. The van der Waals surface area contributed by atoms with Crippen LogP contribution in [0.5, 0.6) is 0 Å². The first-order valence-corrected chi connectivity index (χ1v) is 6.60. The van der Waals surface area contributed by atoms with Crippen molar-refractivity contribution in [1.29, 1.82) is 0 Å². The number of amides is 3. The third-order valence-corrected chi connectivity index (χ3v) is 2.54. The fourth-order valence-corrected chi connectivity index (χ4v) is 1.64. The van der Waals surface area contributed by atoms with Gasteiger partial charge in [-0.25, -0.2) is 9.59 Å². The van der Waals surface area contributed by atoms with E-state index in [0.29, 0.717) is 12.8 Å². The van der Waals surface area contributed by atoms with E-state index in [2.05, 4.69) is 16.0 Å². The first-order chi connectivity index (χ1) is 9.00. The van der Waals surface area contributed by atoms with Crippen molar-refractivity contribution in [3.05, 3.63) is 0 Å². The van der Waals surface area contributed by atoms with Gasteiger partial charge < -0.3 is 21.1 Å². The molecule has 0 aliphatic carbocycles. The Morgan fingerprint density at radius 3 is 2.00 bits per heavy atom. The third-order valence-electron chi connectivity index (χ3n) is 2.54. The molecule has 0 aliphatic rings. The van der Waals surface area contributed by atoms with Crippen LogP contribution in [0.2, 0.25) is 0 Å². The van der Waals surface area contributed by atoms with Crippen molar-refractivity contribution in [2.24, 2.45) is 0 Å². The van der Waals surface area contributed by atoms with Crippen LogP contribution in [-0.2, 0) is 9.59 Å². The predicted octanol–water partition coefficient (Wildman–Crippen LogP) is 0.844. The quantitative estimate of drug-likeness (QED) is 0.580. The van der Waals surface area contributed by atoms with E-state index in [1.54, 1.807) is 0 Å². The van der Waals surface area contributed by atoms with Gasteiger partial charge in [0, 0.05) is 5.54 Å². The maximum Gasteiger partial charge on any atom is 0.329 e. The van der Waals surface area contributed by atoms with Crippen LogP contribution in [0.25, 0.3) is 0 Å². The molecule has 0 rings (SSSR count). The van der Waals surface area contributed by atoms with Crippen molar-refractivity contribution in [3.63, 3.8) is 0 Å². The van der Waals surface area contributed by atoms with Crippen molar-refractivity contribution >= 4 is 17.9 Å². The van der Waals surface area contributed by atoms with Gasteiger partial charge in [0.05, 0.1) is 6.54 Å². The summed E-state index contributed by atoms with van der Waals surface area (Å²) < 4.78 is 0. The smallest absolute Gasteiger partial charge is 0.329 e. The number of urea groups is 1. The van der Waals surface area contributed by atoms with Gasteiger partial charge in [-0.05, 0) is 34.1 Å². The second-order valence-electron chi connectivity index (χ2n) is 5.99. The van der Waals surface area contributed by atoms with E-state index in [9.17, 15) is 14.4 Å². The largest absolute Gasteiger partial charge is 0.480 e. The van der Waals surface area contributed by atoms with Crippen molar-refractivity contribution < 1.29 is 19.5 Å². The molecular weight excluding hydrogens is 262 g/mol. The monoisotopic (exact) mass is 287 g/mol. The minimum Gasteiger partial charge on any atom is -0.480 e. The standard InChI is InChI=1S/C13H25N3O4/c1-6-7-13(5,10(18)19)16-11(20)14-8-9(17)15-12(2,3)4/h6-8H2,1-5H3,(H,15,17)(H,18,19)(H2,14,16,20). The molecular formula is C13H25N3O4. The molecule has 0 aromatic carbocycles. The Morgan fingerprint density at radius 2 is 1.60 bits per heavy atom. The van der Waals surface area contributed by atoms with E-state index < -0.39 is 17.5 Å². The summed E-state index contributed by atoms with van der Waals surface area (Å²) in [6, 6.07) is -0.674. The van der Waals surface area contributed by atoms with Crippen LogP contribution >= 0.6 is 0 Å². The van der Waals surface area contributed by atoms with Crippen LogP contribution in [0.15, 0.2) is 0 Å². The van der Waals surface area contributed by atoms with Gasteiger partial charge in [0.2, 0.25) is 5.91 Å². The zero-order valence-electron chi connectivity index (χ0n) is 12.8. The molecule has 0 heterocycles. The first-order valence-electron chi connectivity index (χ1n) is 6.60. The molecule has 7 nitrogen and oxygen atoms in total. The topological polar surface area (TPSA) is 108 Å². The van der Waals surface area contributed by atoms with E-state index in [4.69, 9.17) is 5.11 Å². The Morgan fingerprint density at radius 1 is 1.05 bits per heavy atom. The van der Waals surface area contributed by atoms with Crippen LogP contribution < -0.4 is 16.0 Å². The number of aliphatic carboxylic acids is 1. The van der Waals surface area contributed by atoms with Crippen molar-refractivity contribution in [2.75, 3.05) is 6.54 Å². The lowest BCUT2D eigenvalue weighted by Gasteiger charge is -2.26. The van der Waals surface area contributed by atoms with E-state index in [1.807, 2.05) is 27.7 Å². The van der Waals surface area contributed by atoms with E-state index in [0.717, 1.165) is 0 Å². The van der Waals surface area contributed by atoms with Crippen molar-refractivity contribution in [2.45, 2.75) is 58.5 Å². The highest BCUT2D eigenvalue weighted by Crippen LogP contribution is 2.12. The van der Waals surface area contributed by atoms with Crippen LogP contribution in [0, 0.1) is 0 Å². The Kier molecular flexibility index (Phi) is 6.48. The molecule has 1 atom stereocenters. The van der Waals surface area contributed by atoms with Gasteiger partial charge in [-0.1, -0.05) is 13.3 Å². The molecule has 0 radical (unpaired) electrons. The summed E-state index contributed by atoms with van der Waals surface area (Å²) in [5.41, 5.74) is -1.72. The number of rotatable bonds is 6. The molecule has 4 N–H and O–H groups in total. The summed E-state index contributed by atoms with van der Waals surface area (Å²) in [5.74, 6) is -1.44. The molecule has 0 aromatic heterocycles. The van der Waals surface area contributed by atoms with Crippen LogP contribution in [-0.4, -0.2) is 40.6 Å². The zero-order chi connectivity index (χ0) is 16.0. The molecule has 0 aliphatic heterocycles. The highest BCUT2D eigenvalue weighted by molar-refractivity contribution is 5.88. The lowest BCUT2D eigenvalue weighted by Crippen LogP contribution is -2.56. The van der Waals surface area contributed by atoms with Crippen LogP contribution in [0.3, 0.4) is 0 Å². The van der Waals surface area contributed by atoms with Gasteiger partial charge in [0.15, 0.2) is 0 Å². The molecule has 0 bridgehead atoms. The summed E-state index contributed by atoms with van der Waals surface area (Å²) in [5, 5.41) is 16.5. The van der Waals surface area contributed by atoms with Gasteiger partial charge in [0.25, 0.3) is 0 Å². The van der Waals surface area contributed by atoms with Gasteiger partial charge in [0.1, 0.15) is 5.54 Å². The summed E-state index contributed by atoms with van der Waals surface area (Å²) in [4.78, 5) is 34.3. The van der Waals surface area contributed by atoms with Gasteiger partial charge >= 0.3 is 12.0 Å². The highest BCUT2D eigenvalue weighted by Gasteiger charge is 2.33. The molecule has 7 heteroatoms. The average Bonchev–Trinajstić information content (AvgIpc) is 2.24. The Bertz CT molecular complexity index is 376. The normalized spacial score (nSPS) is 14.1. The molecule has 116 valence electrons. The van der Waals surface area contributed by atoms with E-state index in [1.165, 1.54) is 6.92 Å². The number of carbonyl (C=O) groups is 3. The Labute approximate surface area is 119 Å². The SMILES string of the molecule is CCCC(C)(NC(=O)NCC(=O)NC(C)(C)C)C(=O)O. The highest BCUT2D eigenvalue weighted by atomic mass is 16.4. The van der Waals surface area contributed by atoms with Gasteiger partial charge in [-0.15, -0.1) is 0 Å². The predicted molar refractivity (Wildman–Crippen MR) is 75.4 cm³/mol. The second-order valence-corrected chi connectivity index (χ2v) is 5.99. The molecule has 0 spiro atoms. The molecule has 0 saturated heterocycles. The number of carboxylic acids is 1. The molecule has 1 unspecified atom stereocenters. The molecule has 0 aromatic rings. The van der Waals surface area contributed by atoms with Crippen LogP contribution in [0.4, 0.5) is 4.79 Å². The summed E-state index contributed by atoms with van der Waals surface area (Å²) >= 11 is 0. The molecule has 0 fully saturated rings. The first kappa shape index (κ1) is 18.2. The van der Waals surface area contributed by atoms with Crippen molar-refractivity contribution in [3.8, 4) is 0 Å². The minimum absolute atomic E-state index is 0.203. The Hall–Kier alpha value is -1.79. The fraction of sp³-hybridized carbons (Fsp3) is 0.769. The van der Waals surface area contributed by atoms with Crippen molar-refractivity contribution in [1.82, 2.24) is 16.0 Å². The third kappa shape index (κ3) is 6.96. The van der Waals surface area contributed by atoms with E-state index in [-0.39, 0.29) is 18.0 Å². The number of hydrogen-bond acceptors (Lipinski definition) is 3. The van der Waals surface area contributed by atoms with Gasteiger partial charge in [-0.2, -0.15) is 0 Å². The van der Waals surface area contributed by atoms with Gasteiger partial charge in [-0.3, -0.25) is 4.79 Å². The summed E-state index contributed by atoms with van der Waals surface area (Å²) in [7, 11) is 0. The zero-order valence-corrected chi connectivity index (χ0v) is 12.8. The maximum absolute atomic E-state index is 11.6. The minimum atomic E-state index is -1.33. The van der Waals surface area contributed by atoms with E-state index >= 15 is 0 Å². The number of nitrogens with one attached hydrogen (secondary N) is 3. The molecule has 3 amide bonds. The lowest BCUT2D eigenvalue weighted by molar-refractivity contribution is -0.144. The number of carbonyl (C=O) groups excluding carboxylic acids is 2. The average molecular weight is 287 g/mol. The maximum atomic E-state index is 11.6. The Balaban J connectivity index is 4.35. The second kappa shape index (κ2) is 7.12. The summed E-state index contributed by atoms with van der Waals surface area (Å²) in [6.07, 6.45) is 0.928.